The van der Waals surface area contributed by atoms with Gasteiger partial charge in [0, 0.05) is 20.0 Å². The number of imide groups is 1. The van der Waals surface area contributed by atoms with Gasteiger partial charge in [0.25, 0.3) is 0 Å². The fraction of sp³-hybridized carbons (Fsp3) is 0.552. The van der Waals surface area contributed by atoms with Crippen molar-refractivity contribution in [3.8, 4) is 0 Å². The van der Waals surface area contributed by atoms with Gasteiger partial charge in [0.05, 0.1) is 31.8 Å². The molecule has 0 aliphatic carbocycles. The maximum atomic E-state index is 13.1. The van der Waals surface area contributed by atoms with Gasteiger partial charge in [0.1, 0.15) is 12.7 Å². The number of benzene rings is 1. The summed E-state index contributed by atoms with van der Waals surface area (Å²) in [5, 5.41) is 9.48. The third-order valence-electron chi connectivity index (χ3n) is 6.31. The van der Waals surface area contributed by atoms with Crippen LogP contribution >= 0.6 is 0 Å². The number of rotatable bonds is 17. The standard InChI is InChI=1S/C29H39NO10/c1-19(2)25-18-39-29(36)30(25)28(35)20(3)27(40-21(4)32)26(34)13-12-23(33)11-8-14-37-17-24(15-31)38-16-22-9-6-5-7-10-22/h5-7,9-10,12-13,19-20,24-25,27,31H,8,11,14-18H2,1-4H3/t20-,24+,25+,27-/m0/s1. The number of amides is 2. The molecule has 11 nitrogen and oxygen atoms in total. The van der Waals surface area contributed by atoms with E-state index in [2.05, 4.69) is 0 Å². The summed E-state index contributed by atoms with van der Waals surface area (Å²) in [7, 11) is 0. The van der Waals surface area contributed by atoms with Crippen molar-refractivity contribution in [3.05, 3.63) is 48.0 Å². The Balaban J connectivity index is 1.83. The molecule has 0 bridgehead atoms. The molecular weight excluding hydrogens is 522 g/mol. The van der Waals surface area contributed by atoms with E-state index in [1.54, 1.807) is 0 Å². The van der Waals surface area contributed by atoms with Gasteiger partial charge in [-0.15, -0.1) is 0 Å². The largest absolute Gasteiger partial charge is 0.453 e. The Kier molecular flexibility index (Phi) is 13.6. The summed E-state index contributed by atoms with van der Waals surface area (Å²) in [6.45, 7) is 6.71. The topological polar surface area (TPSA) is 146 Å². The predicted octanol–water partition coefficient (Wildman–Crippen LogP) is 2.63. The lowest BCUT2D eigenvalue weighted by Gasteiger charge is -2.28. The first kappa shape index (κ1) is 32.8. The quantitative estimate of drug-likeness (QED) is 0.171. The van der Waals surface area contributed by atoms with Gasteiger partial charge in [-0.1, -0.05) is 44.2 Å². The second kappa shape index (κ2) is 16.6. The van der Waals surface area contributed by atoms with E-state index in [1.807, 2.05) is 44.2 Å². The zero-order chi connectivity index (χ0) is 29.7. The predicted molar refractivity (Wildman–Crippen MR) is 143 cm³/mol. The molecule has 2 amide bonds. The number of ether oxygens (including phenoxy) is 4. The molecule has 0 unspecified atom stereocenters. The SMILES string of the molecule is CC(=O)O[C@H](C(=O)C=CC(=O)CCCOC[C@@H](CO)OCc1ccccc1)[C@H](C)C(=O)N1C(=O)OC[C@@H]1C(C)C. The van der Waals surface area contributed by atoms with Crippen LogP contribution in [0.15, 0.2) is 42.5 Å². The van der Waals surface area contributed by atoms with E-state index in [9.17, 15) is 29.1 Å². The molecule has 1 saturated heterocycles. The van der Waals surface area contributed by atoms with Gasteiger partial charge in [-0.25, -0.2) is 9.69 Å². The van der Waals surface area contributed by atoms with Crippen LogP contribution in [0.3, 0.4) is 0 Å². The van der Waals surface area contributed by atoms with Gasteiger partial charge in [-0.2, -0.15) is 0 Å². The Bertz CT molecular complexity index is 1040. The minimum Gasteiger partial charge on any atom is -0.453 e. The number of hydrogen-bond donors (Lipinski definition) is 1. The molecule has 1 aromatic carbocycles. The highest BCUT2D eigenvalue weighted by Gasteiger charge is 2.44. The van der Waals surface area contributed by atoms with Crippen molar-refractivity contribution >= 4 is 29.5 Å². The lowest BCUT2D eigenvalue weighted by molar-refractivity contribution is -0.158. The number of aliphatic hydroxyl groups excluding tert-OH is 1. The second-order valence-electron chi connectivity index (χ2n) is 9.90. The Hall–Kier alpha value is -3.41. The third kappa shape index (κ3) is 10.3. The van der Waals surface area contributed by atoms with Crippen LogP contribution in [-0.2, 0) is 44.7 Å². The molecular formula is C29H39NO10. The number of allylic oxidation sites excluding steroid dienone is 1. The minimum absolute atomic E-state index is 0.0423. The average molecular weight is 562 g/mol. The van der Waals surface area contributed by atoms with Crippen LogP contribution in [0.4, 0.5) is 4.79 Å². The molecule has 0 saturated carbocycles. The normalized spacial score (nSPS) is 17.5. The molecule has 11 heteroatoms. The average Bonchev–Trinajstić information content (AvgIpc) is 3.33. The molecule has 0 spiro atoms. The van der Waals surface area contributed by atoms with E-state index in [4.69, 9.17) is 18.9 Å². The lowest BCUT2D eigenvalue weighted by Crippen LogP contribution is -2.48. The van der Waals surface area contributed by atoms with Gasteiger partial charge in [-0.05, 0) is 37.0 Å². The second-order valence-corrected chi connectivity index (χ2v) is 9.90. The summed E-state index contributed by atoms with van der Waals surface area (Å²) in [5.41, 5.74) is 0.973. The van der Waals surface area contributed by atoms with Crippen LogP contribution in [0, 0.1) is 11.8 Å². The number of hydrogen-bond acceptors (Lipinski definition) is 10. The maximum Gasteiger partial charge on any atom is 0.416 e. The molecule has 0 aromatic heterocycles. The third-order valence-corrected chi connectivity index (χ3v) is 6.31. The molecule has 0 radical (unpaired) electrons. The van der Waals surface area contributed by atoms with E-state index >= 15 is 0 Å². The van der Waals surface area contributed by atoms with Crippen molar-refractivity contribution in [3.63, 3.8) is 0 Å². The van der Waals surface area contributed by atoms with E-state index in [1.165, 1.54) is 6.92 Å². The van der Waals surface area contributed by atoms with Crippen molar-refractivity contribution in [2.75, 3.05) is 26.4 Å². The highest BCUT2D eigenvalue weighted by Crippen LogP contribution is 2.24. The molecule has 1 aliphatic rings. The first-order chi connectivity index (χ1) is 19.0. The molecule has 1 fully saturated rings. The Morgan fingerprint density at radius 2 is 1.82 bits per heavy atom. The van der Waals surface area contributed by atoms with Crippen molar-refractivity contribution in [1.82, 2.24) is 4.90 Å². The van der Waals surface area contributed by atoms with Crippen molar-refractivity contribution in [2.24, 2.45) is 11.8 Å². The van der Waals surface area contributed by atoms with Crippen molar-refractivity contribution < 1.29 is 48.0 Å². The fourth-order valence-corrected chi connectivity index (χ4v) is 3.97. The maximum absolute atomic E-state index is 13.1. The van der Waals surface area contributed by atoms with E-state index in [0.29, 0.717) is 13.0 Å². The summed E-state index contributed by atoms with van der Waals surface area (Å²) in [6, 6.07) is 9.02. The monoisotopic (exact) mass is 561 g/mol. The lowest BCUT2D eigenvalue weighted by atomic mass is 9.96. The zero-order valence-electron chi connectivity index (χ0n) is 23.4. The first-order valence-corrected chi connectivity index (χ1v) is 13.3. The summed E-state index contributed by atoms with van der Waals surface area (Å²) >= 11 is 0. The van der Waals surface area contributed by atoms with Crippen LogP contribution in [0.1, 0.15) is 46.1 Å². The van der Waals surface area contributed by atoms with Crippen molar-refractivity contribution in [2.45, 2.75) is 65.4 Å². The number of nitrogens with zero attached hydrogens (tertiary/aromatic N) is 1. The highest BCUT2D eigenvalue weighted by atomic mass is 16.6. The number of aliphatic hydroxyl groups is 1. The Labute approximate surface area is 234 Å². The van der Waals surface area contributed by atoms with Crippen LogP contribution in [0.25, 0.3) is 0 Å². The molecule has 40 heavy (non-hydrogen) atoms. The van der Waals surface area contributed by atoms with Gasteiger partial charge in [0.15, 0.2) is 17.7 Å². The Morgan fingerprint density at radius 1 is 1.12 bits per heavy atom. The first-order valence-electron chi connectivity index (χ1n) is 13.3. The van der Waals surface area contributed by atoms with Crippen LogP contribution in [-0.4, -0.2) is 84.2 Å². The summed E-state index contributed by atoms with van der Waals surface area (Å²) in [4.78, 5) is 62.9. The summed E-state index contributed by atoms with van der Waals surface area (Å²) in [6.07, 6.45) is -0.339. The number of esters is 1. The number of carbonyl (C=O) groups is 5. The van der Waals surface area contributed by atoms with Crippen molar-refractivity contribution in [1.29, 1.82) is 0 Å². The number of cyclic esters (lactones) is 1. The van der Waals surface area contributed by atoms with Gasteiger partial charge in [0.2, 0.25) is 5.91 Å². The van der Waals surface area contributed by atoms with Crippen LogP contribution in [0.5, 0.6) is 0 Å². The highest BCUT2D eigenvalue weighted by molar-refractivity contribution is 6.04. The molecule has 4 atom stereocenters. The summed E-state index contributed by atoms with van der Waals surface area (Å²) < 4.78 is 21.3. The zero-order valence-corrected chi connectivity index (χ0v) is 23.4. The number of carbonyl (C=O) groups excluding carboxylic acids is 5. The molecule has 1 heterocycles. The fourth-order valence-electron chi connectivity index (χ4n) is 3.97. The van der Waals surface area contributed by atoms with Gasteiger partial charge < -0.3 is 24.1 Å². The van der Waals surface area contributed by atoms with E-state index < -0.39 is 47.9 Å². The van der Waals surface area contributed by atoms with E-state index in [0.717, 1.165) is 29.5 Å². The molecule has 1 aliphatic heterocycles. The summed E-state index contributed by atoms with van der Waals surface area (Å²) in [5.74, 6) is -3.86. The minimum atomic E-state index is -1.51. The molecule has 1 N–H and O–H groups in total. The van der Waals surface area contributed by atoms with Gasteiger partial charge >= 0.3 is 12.1 Å². The van der Waals surface area contributed by atoms with E-state index in [-0.39, 0.29) is 44.5 Å². The van der Waals surface area contributed by atoms with Crippen LogP contribution in [0.2, 0.25) is 0 Å². The Morgan fingerprint density at radius 3 is 2.45 bits per heavy atom. The molecule has 2 rings (SSSR count). The van der Waals surface area contributed by atoms with Gasteiger partial charge in [-0.3, -0.25) is 19.2 Å². The number of ketones is 2. The van der Waals surface area contributed by atoms with Crippen LogP contribution < -0.4 is 0 Å². The molecule has 220 valence electrons. The smallest absolute Gasteiger partial charge is 0.416 e. The molecule has 1 aromatic rings.